The highest BCUT2D eigenvalue weighted by Crippen LogP contribution is 2.36. The van der Waals surface area contributed by atoms with Gasteiger partial charge >= 0.3 is 0 Å². The number of hydrogen-bond donors (Lipinski definition) is 0. The molecule has 0 saturated carbocycles. The molecule has 0 amide bonds. The predicted molar refractivity (Wildman–Crippen MR) is 97.5 cm³/mol. The zero-order valence-corrected chi connectivity index (χ0v) is 13.6. The zero-order valence-electron chi connectivity index (χ0n) is 10.6. The maximum atomic E-state index is 2.36. The Bertz CT molecular complexity index is 921. The van der Waals surface area contributed by atoms with Crippen molar-refractivity contribution in [2.75, 3.05) is 0 Å². The summed E-state index contributed by atoms with van der Waals surface area (Å²) >= 11 is 4.24. The molecule has 2 heteroatoms. The van der Waals surface area contributed by atoms with Crippen molar-refractivity contribution in [3.63, 3.8) is 0 Å². The van der Waals surface area contributed by atoms with E-state index in [9.17, 15) is 0 Å². The third-order valence-corrected chi connectivity index (χ3v) is 5.34. The van der Waals surface area contributed by atoms with E-state index in [-0.39, 0.29) is 0 Å². The van der Waals surface area contributed by atoms with E-state index in [0.29, 0.717) is 0 Å². The van der Waals surface area contributed by atoms with Crippen molar-refractivity contribution < 1.29 is 0 Å². The van der Waals surface area contributed by atoms with E-state index in [0.717, 1.165) is 0 Å². The highest BCUT2D eigenvalue weighted by molar-refractivity contribution is 14.1. The summed E-state index contributed by atoms with van der Waals surface area (Å²) in [5, 5.41) is 2.72. The molecule has 0 radical (unpaired) electrons. The number of thiophene rings is 1. The second kappa shape index (κ2) is 4.86. The SMILES string of the molecule is Ic1cccc(-c2ccc3c(c2)sc2ccccc23)c1. The molecular formula is C18H11IS. The van der Waals surface area contributed by atoms with Gasteiger partial charge in [-0.15, -0.1) is 11.3 Å². The van der Waals surface area contributed by atoms with Gasteiger partial charge in [0.05, 0.1) is 0 Å². The number of benzene rings is 3. The van der Waals surface area contributed by atoms with Gasteiger partial charge in [0.15, 0.2) is 0 Å². The van der Waals surface area contributed by atoms with Crippen LogP contribution in [-0.4, -0.2) is 0 Å². The van der Waals surface area contributed by atoms with Gasteiger partial charge < -0.3 is 0 Å². The lowest BCUT2D eigenvalue weighted by molar-refractivity contribution is 1.61. The maximum absolute atomic E-state index is 2.36. The summed E-state index contributed by atoms with van der Waals surface area (Å²) in [4.78, 5) is 0. The molecule has 4 rings (SSSR count). The molecule has 0 bridgehead atoms. The Morgan fingerprint density at radius 3 is 2.35 bits per heavy atom. The van der Waals surface area contributed by atoms with Gasteiger partial charge in [0.1, 0.15) is 0 Å². The average Bonchev–Trinajstić information content (AvgIpc) is 2.85. The number of rotatable bonds is 1. The van der Waals surface area contributed by atoms with Crippen LogP contribution in [0.25, 0.3) is 31.3 Å². The summed E-state index contributed by atoms with van der Waals surface area (Å²) in [7, 11) is 0. The molecule has 0 spiro atoms. The van der Waals surface area contributed by atoms with E-state index >= 15 is 0 Å². The fraction of sp³-hybridized carbons (Fsp3) is 0. The van der Waals surface area contributed by atoms with E-state index in [1.807, 2.05) is 11.3 Å². The van der Waals surface area contributed by atoms with Crippen molar-refractivity contribution in [2.45, 2.75) is 0 Å². The Balaban J connectivity index is 1.97. The molecule has 0 aliphatic carbocycles. The average molecular weight is 386 g/mol. The highest BCUT2D eigenvalue weighted by atomic mass is 127. The minimum absolute atomic E-state index is 1.27. The van der Waals surface area contributed by atoms with Crippen LogP contribution in [0.1, 0.15) is 0 Å². The fourth-order valence-electron chi connectivity index (χ4n) is 2.57. The lowest BCUT2D eigenvalue weighted by Crippen LogP contribution is -1.78. The summed E-state index contributed by atoms with van der Waals surface area (Å²) in [5.41, 5.74) is 2.58. The summed E-state index contributed by atoms with van der Waals surface area (Å²) in [5.74, 6) is 0. The van der Waals surface area contributed by atoms with Crippen molar-refractivity contribution in [1.82, 2.24) is 0 Å². The molecule has 4 aromatic rings. The predicted octanol–water partition coefficient (Wildman–Crippen LogP) is 6.33. The highest BCUT2D eigenvalue weighted by Gasteiger charge is 2.06. The van der Waals surface area contributed by atoms with Gasteiger partial charge in [-0.2, -0.15) is 0 Å². The molecular weight excluding hydrogens is 375 g/mol. The molecule has 3 aromatic carbocycles. The van der Waals surface area contributed by atoms with Gasteiger partial charge in [0, 0.05) is 23.7 Å². The summed E-state index contributed by atoms with van der Waals surface area (Å²) < 4.78 is 4.00. The van der Waals surface area contributed by atoms with Crippen LogP contribution in [0, 0.1) is 3.57 Å². The largest absolute Gasteiger partial charge is 0.135 e. The van der Waals surface area contributed by atoms with Crippen LogP contribution < -0.4 is 0 Å². The van der Waals surface area contributed by atoms with E-state index in [1.165, 1.54) is 34.9 Å². The van der Waals surface area contributed by atoms with Crippen LogP contribution >= 0.6 is 33.9 Å². The first-order chi connectivity index (χ1) is 9.81. The van der Waals surface area contributed by atoms with Crippen molar-refractivity contribution in [1.29, 1.82) is 0 Å². The molecule has 96 valence electrons. The van der Waals surface area contributed by atoms with Crippen LogP contribution in [0.2, 0.25) is 0 Å². The fourth-order valence-corrected chi connectivity index (χ4v) is 4.26. The normalized spacial score (nSPS) is 11.2. The van der Waals surface area contributed by atoms with Crippen molar-refractivity contribution in [3.05, 3.63) is 70.3 Å². The Hall–Kier alpha value is -1.39. The monoisotopic (exact) mass is 386 g/mol. The van der Waals surface area contributed by atoms with Crippen molar-refractivity contribution in [2.24, 2.45) is 0 Å². The van der Waals surface area contributed by atoms with Crippen LogP contribution in [0.4, 0.5) is 0 Å². The second-order valence-corrected chi connectivity index (χ2v) is 7.15. The number of hydrogen-bond acceptors (Lipinski definition) is 1. The van der Waals surface area contributed by atoms with E-state index in [1.54, 1.807) is 0 Å². The molecule has 0 aliphatic rings. The molecule has 1 aromatic heterocycles. The Morgan fingerprint density at radius 1 is 0.650 bits per heavy atom. The van der Waals surface area contributed by atoms with Gasteiger partial charge in [-0.05, 0) is 58.0 Å². The molecule has 0 N–H and O–H groups in total. The molecule has 0 atom stereocenters. The minimum atomic E-state index is 1.27. The first kappa shape index (κ1) is 12.4. The lowest BCUT2D eigenvalue weighted by Gasteiger charge is -2.02. The topological polar surface area (TPSA) is 0 Å². The summed E-state index contributed by atoms with van der Waals surface area (Å²) in [6.07, 6.45) is 0. The molecule has 1 heterocycles. The summed E-state index contributed by atoms with van der Waals surface area (Å²) in [6, 6.07) is 24.1. The Labute approximate surface area is 135 Å². The van der Waals surface area contributed by atoms with E-state index in [4.69, 9.17) is 0 Å². The Morgan fingerprint density at radius 2 is 1.45 bits per heavy atom. The smallest absolute Gasteiger partial charge is 0.0361 e. The first-order valence-electron chi connectivity index (χ1n) is 6.48. The summed E-state index contributed by atoms with van der Waals surface area (Å²) in [6.45, 7) is 0. The van der Waals surface area contributed by atoms with Crippen LogP contribution in [0.15, 0.2) is 66.7 Å². The van der Waals surface area contributed by atoms with Gasteiger partial charge in [0.25, 0.3) is 0 Å². The van der Waals surface area contributed by atoms with Gasteiger partial charge in [-0.1, -0.05) is 42.5 Å². The third kappa shape index (κ3) is 2.03. The van der Waals surface area contributed by atoms with Gasteiger partial charge in [-0.25, -0.2) is 0 Å². The third-order valence-electron chi connectivity index (χ3n) is 3.54. The second-order valence-electron chi connectivity index (χ2n) is 4.82. The first-order valence-corrected chi connectivity index (χ1v) is 8.38. The molecule has 0 nitrogen and oxygen atoms in total. The molecule has 0 aliphatic heterocycles. The standard InChI is InChI=1S/C18H11IS/c19-14-5-3-4-12(10-14)13-8-9-16-15-6-1-2-7-17(15)20-18(16)11-13/h1-11H. The van der Waals surface area contributed by atoms with E-state index < -0.39 is 0 Å². The van der Waals surface area contributed by atoms with Gasteiger partial charge in [-0.3, -0.25) is 0 Å². The number of halogens is 1. The van der Waals surface area contributed by atoms with Crippen LogP contribution in [0.5, 0.6) is 0 Å². The molecule has 0 unspecified atom stereocenters. The Kier molecular flexibility index (Phi) is 3.00. The van der Waals surface area contributed by atoms with E-state index in [2.05, 4.69) is 89.3 Å². The van der Waals surface area contributed by atoms with Gasteiger partial charge in [0.2, 0.25) is 0 Å². The van der Waals surface area contributed by atoms with Crippen molar-refractivity contribution >= 4 is 54.1 Å². The molecule has 0 fully saturated rings. The molecule has 20 heavy (non-hydrogen) atoms. The maximum Gasteiger partial charge on any atom is 0.0361 e. The van der Waals surface area contributed by atoms with Crippen LogP contribution in [0.3, 0.4) is 0 Å². The zero-order chi connectivity index (χ0) is 13.5. The number of fused-ring (bicyclic) bond motifs is 3. The lowest BCUT2D eigenvalue weighted by atomic mass is 10.0. The minimum Gasteiger partial charge on any atom is -0.135 e. The van der Waals surface area contributed by atoms with Crippen molar-refractivity contribution in [3.8, 4) is 11.1 Å². The molecule has 0 saturated heterocycles. The van der Waals surface area contributed by atoms with Crippen LogP contribution in [-0.2, 0) is 0 Å². The quantitative estimate of drug-likeness (QED) is 0.336.